The molecule has 3 rings (SSSR count). The van der Waals surface area contributed by atoms with Crippen molar-refractivity contribution >= 4 is 23.1 Å². The molecule has 15 nitrogen and oxygen atoms in total. The van der Waals surface area contributed by atoms with Crippen molar-refractivity contribution in [1.82, 2.24) is 4.57 Å². The van der Waals surface area contributed by atoms with Crippen LogP contribution in [0.1, 0.15) is 80.9 Å². The number of carbonyl (C=O) groups is 2. The Balaban J connectivity index is 1.90. The van der Waals surface area contributed by atoms with Gasteiger partial charge in [0.15, 0.2) is 0 Å². The van der Waals surface area contributed by atoms with Gasteiger partial charge in [0, 0.05) is 29.9 Å². The smallest absolute Gasteiger partial charge is 0.308 e. The molecule has 0 radical (unpaired) electrons. The summed E-state index contributed by atoms with van der Waals surface area (Å²) in [5.74, 6) is -1.92. The van der Waals surface area contributed by atoms with E-state index in [1.54, 1.807) is 48.6 Å². The number of aliphatic hydroxyl groups is 2. The maximum absolute atomic E-state index is 14.3. The molecular formula is C39H47FN4O11. The number of aliphatic hydroxyl groups excluding tert-OH is 2. The summed E-state index contributed by atoms with van der Waals surface area (Å²) in [4.78, 5) is 56.9. The van der Waals surface area contributed by atoms with E-state index < -0.39 is 59.4 Å². The topological polar surface area (TPSA) is 206 Å². The lowest BCUT2D eigenvalue weighted by atomic mass is 9.93. The molecule has 0 bridgehead atoms. The Labute approximate surface area is 317 Å². The number of rotatable bonds is 22. The van der Waals surface area contributed by atoms with E-state index >= 15 is 0 Å². The molecule has 0 aliphatic rings. The summed E-state index contributed by atoms with van der Waals surface area (Å²) in [5.41, 5.74) is 4.06. The minimum atomic E-state index is -1.41. The SMILES string of the molecule is C=C/C=C(\C=C/C)c1c(C(=O)Nc2ccccc2)c(C(C)C)n(CC[C@@H](O)C[C@@H](O)CC(=O)OCCC(O[N+](=O)[O-])C(C)O[N+](=O)[O-])c1-c1ccc(F)cc1. The van der Waals surface area contributed by atoms with E-state index in [4.69, 9.17) is 4.74 Å². The maximum Gasteiger partial charge on any atom is 0.308 e. The number of benzene rings is 2. The Kier molecular flexibility index (Phi) is 16.7. The highest BCUT2D eigenvalue weighted by Gasteiger charge is 2.31. The molecule has 55 heavy (non-hydrogen) atoms. The van der Waals surface area contributed by atoms with Gasteiger partial charge < -0.3 is 34.5 Å². The number of para-hydroxylation sites is 1. The van der Waals surface area contributed by atoms with Gasteiger partial charge in [0.05, 0.1) is 36.5 Å². The molecular weight excluding hydrogens is 719 g/mol. The van der Waals surface area contributed by atoms with Crippen molar-refractivity contribution in [3.05, 3.63) is 128 Å². The number of halogens is 1. The Bertz CT molecular complexity index is 1840. The van der Waals surface area contributed by atoms with Crippen molar-refractivity contribution in [2.45, 2.75) is 90.3 Å². The van der Waals surface area contributed by atoms with Gasteiger partial charge in [-0.15, -0.1) is 20.2 Å². The lowest BCUT2D eigenvalue weighted by Crippen LogP contribution is -2.34. The van der Waals surface area contributed by atoms with E-state index in [-0.39, 0.29) is 37.6 Å². The summed E-state index contributed by atoms with van der Waals surface area (Å²) in [6, 6.07) is 14.8. The Morgan fingerprint density at radius 2 is 1.62 bits per heavy atom. The van der Waals surface area contributed by atoms with Crippen LogP contribution in [0.15, 0.2) is 85.5 Å². The van der Waals surface area contributed by atoms with Crippen LogP contribution in [0.2, 0.25) is 0 Å². The number of nitrogens with one attached hydrogen (secondary N) is 1. The van der Waals surface area contributed by atoms with Gasteiger partial charge in [-0.2, -0.15) is 0 Å². The summed E-state index contributed by atoms with van der Waals surface area (Å²) >= 11 is 0. The summed E-state index contributed by atoms with van der Waals surface area (Å²) in [5, 5.41) is 43.9. The highest BCUT2D eigenvalue weighted by atomic mass is 19.1. The van der Waals surface area contributed by atoms with Crippen molar-refractivity contribution in [3.8, 4) is 11.3 Å². The molecule has 0 saturated heterocycles. The minimum Gasteiger partial charge on any atom is -0.466 e. The number of hydrogen-bond donors (Lipinski definition) is 3. The zero-order valence-corrected chi connectivity index (χ0v) is 31.1. The lowest BCUT2D eigenvalue weighted by Gasteiger charge is -2.21. The zero-order chi connectivity index (χ0) is 40.7. The molecule has 2 unspecified atom stereocenters. The van der Waals surface area contributed by atoms with Crippen molar-refractivity contribution in [3.63, 3.8) is 0 Å². The molecule has 16 heteroatoms. The molecule has 0 saturated carbocycles. The largest absolute Gasteiger partial charge is 0.466 e. The maximum atomic E-state index is 14.3. The molecule has 3 aromatic rings. The van der Waals surface area contributed by atoms with E-state index in [0.717, 1.165) is 0 Å². The van der Waals surface area contributed by atoms with Gasteiger partial charge in [0.25, 0.3) is 16.1 Å². The highest BCUT2D eigenvalue weighted by Crippen LogP contribution is 2.41. The van der Waals surface area contributed by atoms with Crippen molar-refractivity contribution < 1.29 is 48.8 Å². The summed E-state index contributed by atoms with van der Waals surface area (Å²) < 4.78 is 21.2. The molecule has 1 aromatic heterocycles. The van der Waals surface area contributed by atoms with Crippen LogP contribution >= 0.6 is 0 Å². The molecule has 0 spiro atoms. The first-order valence-corrected chi connectivity index (χ1v) is 17.6. The van der Waals surface area contributed by atoms with Crippen LogP contribution in [0.3, 0.4) is 0 Å². The number of ether oxygens (including phenoxy) is 1. The van der Waals surface area contributed by atoms with E-state index in [2.05, 4.69) is 21.6 Å². The van der Waals surface area contributed by atoms with Crippen LogP contribution < -0.4 is 5.32 Å². The normalized spacial score (nSPS) is 13.9. The average molecular weight is 767 g/mol. The van der Waals surface area contributed by atoms with Crippen LogP contribution in [-0.4, -0.2) is 67.9 Å². The number of esters is 1. The number of carbonyl (C=O) groups excluding carboxylic acids is 2. The first kappa shape index (κ1) is 43.5. The molecule has 2 aromatic carbocycles. The van der Waals surface area contributed by atoms with Gasteiger partial charge in [-0.3, -0.25) is 9.59 Å². The Morgan fingerprint density at radius 3 is 2.20 bits per heavy atom. The van der Waals surface area contributed by atoms with E-state index in [1.807, 2.05) is 43.6 Å². The van der Waals surface area contributed by atoms with Crippen LogP contribution in [0.5, 0.6) is 0 Å². The summed E-state index contributed by atoms with van der Waals surface area (Å²) in [6.45, 7) is 10.5. The van der Waals surface area contributed by atoms with Crippen LogP contribution in [-0.2, 0) is 25.8 Å². The van der Waals surface area contributed by atoms with Gasteiger partial charge in [-0.25, -0.2) is 4.39 Å². The lowest BCUT2D eigenvalue weighted by molar-refractivity contribution is -0.798. The quantitative estimate of drug-likeness (QED) is 0.0419. The fourth-order valence-corrected chi connectivity index (χ4v) is 6.15. The third-order valence-electron chi connectivity index (χ3n) is 8.45. The minimum absolute atomic E-state index is 0.0756. The first-order valence-electron chi connectivity index (χ1n) is 17.6. The standard InChI is InChI=1S/C39H47FN4O11/c1-6-11-27(12-7-2)35-36(39(48)41-30-13-9-8-10-14-30)37(25(3)4)42(38(35)28-15-17-29(40)18-16-28)21-19-31(45)23-32(46)24-34(47)53-22-20-33(55-44(51)52)26(5)54-43(49)50/h6-18,25-26,31-33,45-46H,1,19-24H2,2-5H3,(H,41,48)/b12-7-,27-11+/t26?,31-,32-,33?/m1/s1. The number of hydrogen-bond acceptors (Lipinski definition) is 11. The molecule has 3 N–H and O–H groups in total. The molecule has 0 aliphatic heterocycles. The number of anilines is 1. The fraction of sp³-hybridized carbons (Fsp3) is 0.385. The second-order valence-electron chi connectivity index (χ2n) is 12.9. The Morgan fingerprint density at radius 1 is 0.964 bits per heavy atom. The predicted molar refractivity (Wildman–Crippen MR) is 202 cm³/mol. The van der Waals surface area contributed by atoms with Gasteiger partial charge in [0.2, 0.25) is 0 Å². The van der Waals surface area contributed by atoms with E-state index in [9.17, 15) is 44.4 Å². The second kappa shape index (κ2) is 21.1. The molecule has 4 atom stereocenters. The van der Waals surface area contributed by atoms with Crippen LogP contribution in [0.25, 0.3) is 16.8 Å². The number of allylic oxidation sites excluding steroid dienone is 5. The monoisotopic (exact) mass is 766 g/mol. The van der Waals surface area contributed by atoms with Crippen molar-refractivity contribution in [2.24, 2.45) is 0 Å². The van der Waals surface area contributed by atoms with E-state index in [1.165, 1.54) is 19.1 Å². The molecule has 1 amide bonds. The van der Waals surface area contributed by atoms with Crippen molar-refractivity contribution in [1.29, 1.82) is 0 Å². The van der Waals surface area contributed by atoms with Crippen LogP contribution in [0, 0.1) is 26.0 Å². The third-order valence-corrected chi connectivity index (χ3v) is 8.45. The molecule has 296 valence electrons. The average Bonchev–Trinajstić information content (AvgIpc) is 3.46. The van der Waals surface area contributed by atoms with Gasteiger partial charge >= 0.3 is 5.97 Å². The van der Waals surface area contributed by atoms with Gasteiger partial charge in [-0.05, 0) is 80.1 Å². The molecule has 0 aliphatic carbocycles. The summed E-state index contributed by atoms with van der Waals surface area (Å²) in [7, 11) is 0. The molecule has 0 fully saturated rings. The number of aromatic nitrogens is 1. The third kappa shape index (κ3) is 12.9. The van der Waals surface area contributed by atoms with Crippen LogP contribution in [0.4, 0.5) is 10.1 Å². The number of nitrogens with zero attached hydrogens (tertiary/aromatic N) is 3. The van der Waals surface area contributed by atoms with Gasteiger partial charge in [0.1, 0.15) is 18.0 Å². The first-order chi connectivity index (χ1) is 26.2. The fourth-order valence-electron chi connectivity index (χ4n) is 6.15. The predicted octanol–water partition coefficient (Wildman–Crippen LogP) is 6.81. The highest BCUT2D eigenvalue weighted by molar-refractivity contribution is 6.11. The number of amides is 1. The zero-order valence-electron chi connectivity index (χ0n) is 31.1. The molecule has 1 heterocycles. The van der Waals surface area contributed by atoms with Crippen molar-refractivity contribution in [2.75, 3.05) is 11.9 Å². The Hall–Kier alpha value is -5.87. The van der Waals surface area contributed by atoms with Gasteiger partial charge in [-0.1, -0.05) is 62.9 Å². The second-order valence-corrected chi connectivity index (χ2v) is 12.9. The summed E-state index contributed by atoms with van der Waals surface area (Å²) in [6.07, 6.45) is 0.864. The van der Waals surface area contributed by atoms with E-state index in [0.29, 0.717) is 39.3 Å².